The highest BCUT2D eigenvalue weighted by Crippen LogP contribution is 2.30. The molecular formula is C16H32N2O. The van der Waals surface area contributed by atoms with Gasteiger partial charge in [-0.2, -0.15) is 0 Å². The average Bonchev–Trinajstić information content (AvgIpc) is 2.99. The average molecular weight is 268 g/mol. The van der Waals surface area contributed by atoms with Gasteiger partial charge in [-0.1, -0.05) is 26.7 Å². The van der Waals surface area contributed by atoms with Gasteiger partial charge in [-0.15, -0.1) is 0 Å². The maximum absolute atomic E-state index is 6.12. The first-order chi connectivity index (χ1) is 9.11. The van der Waals surface area contributed by atoms with Gasteiger partial charge < -0.3 is 10.5 Å². The Morgan fingerprint density at radius 1 is 1.16 bits per heavy atom. The number of hydrogen-bond donors (Lipinski definition) is 1. The third-order valence-corrected chi connectivity index (χ3v) is 4.73. The Kier molecular flexibility index (Phi) is 5.67. The van der Waals surface area contributed by atoms with Crippen LogP contribution >= 0.6 is 0 Å². The fourth-order valence-electron chi connectivity index (χ4n) is 3.83. The molecule has 2 fully saturated rings. The van der Waals surface area contributed by atoms with Crippen molar-refractivity contribution in [3.63, 3.8) is 0 Å². The highest BCUT2D eigenvalue weighted by molar-refractivity contribution is 4.91. The van der Waals surface area contributed by atoms with E-state index in [-0.39, 0.29) is 0 Å². The van der Waals surface area contributed by atoms with Crippen LogP contribution in [0.1, 0.15) is 59.3 Å². The summed E-state index contributed by atoms with van der Waals surface area (Å²) in [5.74, 6) is 0.702. The second-order valence-electron chi connectivity index (χ2n) is 6.89. The molecule has 0 bridgehead atoms. The molecule has 0 aromatic heterocycles. The minimum absolute atomic E-state index is 0.361. The highest BCUT2D eigenvalue weighted by atomic mass is 16.5. The maximum atomic E-state index is 6.12. The van der Waals surface area contributed by atoms with Crippen LogP contribution in [0.25, 0.3) is 0 Å². The molecule has 19 heavy (non-hydrogen) atoms. The lowest BCUT2D eigenvalue weighted by Gasteiger charge is -2.40. The smallest absolute Gasteiger partial charge is 0.0747 e. The van der Waals surface area contributed by atoms with Crippen LogP contribution < -0.4 is 5.73 Å². The van der Waals surface area contributed by atoms with Crippen LogP contribution in [0.4, 0.5) is 0 Å². The predicted octanol–water partition coefficient (Wildman–Crippen LogP) is 2.78. The first-order valence-electron chi connectivity index (χ1n) is 8.23. The van der Waals surface area contributed by atoms with E-state index in [4.69, 9.17) is 10.5 Å². The Balaban J connectivity index is 2.04. The first-order valence-corrected chi connectivity index (χ1v) is 8.23. The van der Waals surface area contributed by atoms with E-state index in [2.05, 4.69) is 25.7 Å². The Morgan fingerprint density at radius 3 is 2.32 bits per heavy atom. The van der Waals surface area contributed by atoms with Crippen LogP contribution in [0.3, 0.4) is 0 Å². The van der Waals surface area contributed by atoms with Crippen molar-refractivity contribution in [3.05, 3.63) is 0 Å². The van der Waals surface area contributed by atoms with Crippen LogP contribution in [0, 0.1) is 5.92 Å². The number of nitrogens with zero attached hydrogens (tertiary/aromatic N) is 1. The molecule has 2 aliphatic rings. The van der Waals surface area contributed by atoms with E-state index in [1.807, 2.05) is 0 Å². The molecular weight excluding hydrogens is 236 g/mol. The molecule has 0 aromatic carbocycles. The van der Waals surface area contributed by atoms with Gasteiger partial charge in [-0.05, 0) is 38.5 Å². The molecule has 1 saturated heterocycles. The minimum Gasteiger partial charge on any atom is -0.374 e. The third-order valence-electron chi connectivity index (χ3n) is 4.73. The molecule has 1 saturated carbocycles. The first kappa shape index (κ1) is 15.3. The lowest BCUT2D eigenvalue weighted by atomic mass is 10.0. The maximum Gasteiger partial charge on any atom is 0.0747 e. The van der Waals surface area contributed by atoms with E-state index in [0.29, 0.717) is 24.2 Å². The van der Waals surface area contributed by atoms with Gasteiger partial charge in [0.25, 0.3) is 0 Å². The highest BCUT2D eigenvalue weighted by Gasteiger charge is 2.36. The topological polar surface area (TPSA) is 38.5 Å². The fourth-order valence-corrected chi connectivity index (χ4v) is 3.83. The molecule has 3 nitrogen and oxygen atoms in total. The van der Waals surface area contributed by atoms with Crippen LogP contribution in [-0.2, 0) is 4.74 Å². The van der Waals surface area contributed by atoms with Crippen LogP contribution in [0.15, 0.2) is 0 Å². The van der Waals surface area contributed by atoms with E-state index < -0.39 is 0 Å². The van der Waals surface area contributed by atoms with E-state index >= 15 is 0 Å². The summed E-state index contributed by atoms with van der Waals surface area (Å²) in [5, 5.41) is 0. The Morgan fingerprint density at radius 2 is 1.84 bits per heavy atom. The summed E-state index contributed by atoms with van der Waals surface area (Å²) in [5.41, 5.74) is 6.12. The summed E-state index contributed by atoms with van der Waals surface area (Å²) in [7, 11) is 0. The van der Waals surface area contributed by atoms with Crippen molar-refractivity contribution >= 4 is 0 Å². The summed E-state index contributed by atoms with van der Waals surface area (Å²) in [6, 6.07) is 1.17. The van der Waals surface area contributed by atoms with Crippen molar-refractivity contribution in [3.8, 4) is 0 Å². The zero-order chi connectivity index (χ0) is 13.8. The largest absolute Gasteiger partial charge is 0.374 e. The molecule has 1 aliphatic carbocycles. The summed E-state index contributed by atoms with van der Waals surface area (Å²) in [4.78, 5) is 2.69. The molecule has 0 aromatic rings. The van der Waals surface area contributed by atoms with Gasteiger partial charge in [0.15, 0.2) is 0 Å². The van der Waals surface area contributed by atoms with E-state index in [0.717, 1.165) is 12.6 Å². The molecule has 3 unspecified atom stereocenters. The molecule has 1 heterocycles. The molecule has 0 radical (unpaired) electrons. The van der Waals surface area contributed by atoms with Gasteiger partial charge in [0.2, 0.25) is 0 Å². The third kappa shape index (κ3) is 3.93. The van der Waals surface area contributed by atoms with Crippen molar-refractivity contribution in [2.24, 2.45) is 11.7 Å². The lowest BCUT2D eigenvalue weighted by Crippen LogP contribution is -2.53. The second-order valence-corrected chi connectivity index (χ2v) is 6.89. The van der Waals surface area contributed by atoms with Gasteiger partial charge >= 0.3 is 0 Å². The molecule has 3 atom stereocenters. The van der Waals surface area contributed by atoms with Crippen LogP contribution in [0.5, 0.6) is 0 Å². The second kappa shape index (κ2) is 7.05. The number of hydrogen-bond acceptors (Lipinski definition) is 3. The fraction of sp³-hybridized carbons (Fsp3) is 1.00. The van der Waals surface area contributed by atoms with Crippen LogP contribution in [-0.4, -0.2) is 42.3 Å². The number of nitrogens with two attached hydrogens (primary N) is 1. The Hall–Kier alpha value is -0.120. The van der Waals surface area contributed by atoms with Crippen molar-refractivity contribution in [2.75, 3.05) is 13.1 Å². The standard InChI is InChI=1S/C16H32N2O/c1-12(2)11-18(14-6-4-5-7-14)15(10-17)16-9-8-13(3)19-16/h12-16H,4-11,17H2,1-3H3. The number of ether oxygens (including phenoxy) is 1. The molecule has 1 aliphatic heterocycles. The van der Waals surface area contributed by atoms with E-state index in [1.54, 1.807) is 0 Å². The van der Waals surface area contributed by atoms with Gasteiger partial charge in [0.1, 0.15) is 0 Å². The predicted molar refractivity (Wildman–Crippen MR) is 80.2 cm³/mol. The zero-order valence-electron chi connectivity index (χ0n) is 13.0. The normalized spacial score (nSPS) is 30.6. The van der Waals surface area contributed by atoms with Gasteiger partial charge in [0, 0.05) is 25.2 Å². The molecule has 2 N–H and O–H groups in total. The quantitative estimate of drug-likeness (QED) is 0.805. The molecule has 112 valence electrons. The molecule has 3 heteroatoms. The monoisotopic (exact) mass is 268 g/mol. The molecule has 2 rings (SSSR count). The Bertz CT molecular complexity index is 263. The van der Waals surface area contributed by atoms with Gasteiger partial charge in [-0.3, -0.25) is 4.90 Å². The lowest BCUT2D eigenvalue weighted by molar-refractivity contribution is -0.0209. The molecule has 0 spiro atoms. The van der Waals surface area contributed by atoms with Gasteiger partial charge in [0.05, 0.1) is 12.2 Å². The summed E-state index contributed by atoms with van der Waals surface area (Å²) in [6.07, 6.45) is 8.64. The SMILES string of the molecule is CC(C)CN(C1CCCC1)C(CN)C1CCC(C)O1. The van der Waals surface area contributed by atoms with Crippen molar-refractivity contribution < 1.29 is 4.74 Å². The molecule has 0 amide bonds. The summed E-state index contributed by atoms with van der Waals surface area (Å²) in [6.45, 7) is 8.72. The van der Waals surface area contributed by atoms with E-state index in [9.17, 15) is 0 Å². The van der Waals surface area contributed by atoms with Crippen molar-refractivity contribution in [2.45, 2.75) is 83.6 Å². The van der Waals surface area contributed by atoms with Gasteiger partial charge in [-0.25, -0.2) is 0 Å². The van der Waals surface area contributed by atoms with Crippen molar-refractivity contribution in [1.82, 2.24) is 4.90 Å². The summed E-state index contributed by atoms with van der Waals surface area (Å²) < 4.78 is 6.11. The van der Waals surface area contributed by atoms with Crippen LogP contribution in [0.2, 0.25) is 0 Å². The Labute approximate surface area is 118 Å². The van der Waals surface area contributed by atoms with E-state index in [1.165, 1.54) is 45.1 Å². The summed E-state index contributed by atoms with van der Waals surface area (Å²) >= 11 is 0. The zero-order valence-corrected chi connectivity index (χ0v) is 13.0. The minimum atomic E-state index is 0.361. The number of rotatable bonds is 6. The van der Waals surface area contributed by atoms with Crippen molar-refractivity contribution in [1.29, 1.82) is 0 Å².